The largest absolute Gasteiger partial charge is 0.486 e. The van der Waals surface area contributed by atoms with Crippen molar-refractivity contribution in [1.29, 1.82) is 0 Å². The highest BCUT2D eigenvalue weighted by Gasteiger charge is 2.18. The Bertz CT molecular complexity index is 701. The van der Waals surface area contributed by atoms with E-state index in [0.29, 0.717) is 36.8 Å². The van der Waals surface area contributed by atoms with Crippen LogP contribution in [0.1, 0.15) is 22.0 Å². The molecule has 1 atom stereocenters. The Kier molecular flexibility index (Phi) is 5.01. The molecule has 0 saturated carbocycles. The average molecular weight is 326 g/mol. The molecular formula is C19H22N2O3. The van der Waals surface area contributed by atoms with Crippen molar-refractivity contribution >= 4 is 5.91 Å². The van der Waals surface area contributed by atoms with E-state index in [1.807, 2.05) is 32.3 Å². The van der Waals surface area contributed by atoms with Crippen molar-refractivity contribution < 1.29 is 14.3 Å². The highest BCUT2D eigenvalue weighted by Crippen LogP contribution is 2.30. The van der Waals surface area contributed by atoms with Crippen molar-refractivity contribution in [2.24, 2.45) is 0 Å². The summed E-state index contributed by atoms with van der Waals surface area (Å²) in [5, 5.41) is 3.01. The van der Waals surface area contributed by atoms with Crippen LogP contribution in [0.25, 0.3) is 0 Å². The van der Waals surface area contributed by atoms with Crippen molar-refractivity contribution in [3.63, 3.8) is 0 Å². The van der Waals surface area contributed by atoms with Crippen LogP contribution in [0.2, 0.25) is 0 Å². The second-order valence-corrected chi connectivity index (χ2v) is 5.96. The molecule has 5 nitrogen and oxygen atoms in total. The number of rotatable bonds is 5. The van der Waals surface area contributed by atoms with Crippen LogP contribution in [0.4, 0.5) is 0 Å². The maximum Gasteiger partial charge on any atom is 0.251 e. The van der Waals surface area contributed by atoms with E-state index >= 15 is 0 Å². The predicted molar refractivity (Wildman–Crippen MR) is 92.6 cm³/mol. The Morgan fingerprint density at radius 3 is 2.50 bits per heavy atom. The van der Waals surface area contributed by atoms with Gasteiger partial charge in [-0.1, -0.05) is 30.3 Å². The van der Waals surface area contributed by atoms with Gasteiger partial charge in [-0.2, -0.15) is 0 Å². The third-order valence-corrected chi connectivity index (χ3v) is 4.07. The van der Waals surface area contributed by atoms with Crippen LogP contribution in [0, 0.1) is 0 Å². The van der Waals surface area contributed by atoms with Gasteiger partial charge in [-0.05, 0) is 37.9 Å². The van der Waals surface area contributed by atoms with Crippen LogP contribution in [0.3, 0.4) is 0 Å². The summed E-state index contributed by atoms with van der Waals surface area (Å²) < 4.78 is 11.0. The molecule has 1 heterocycles. The zero-order chi connectivity index (χ0) is 16.9. The number of benzene rings is 2. The molecule has 1 aliphatic rings. The molecule has 126 valence electrons. The van der Waals surface area contributed by atoms with Gasteiger partial charge in [-0.25, -0.2) is 0 Å². The summed E-state index contributed by atoms with van der Waals surface area (Å²) in [7, 11) is 4.02. The number of amides is 1. The third-order valence-electron chi connectivity index (χ3n) is 4.07. The van der Waals surface area contributed by atoms with Gasteiger partial charge in [0.05, 0.1) is 6.04 Å². The van der Waals surface area contributed by atoms with E-state index in [9.17, 15) is 4.79 Å². The minimum atomic E-state index is -0.116. The Labute approximate surface area is 142 Å². The molecule has 0 aliphatic carbocycles. The van der Waals surface area contributed by atoms with Crippen molar-refractivity contribution in [2.75, 3.05) is 33.9 Å². The standard InChI is InChI=1S/C19H22N2O3/c1-21(2)16(14-6-4-3-5-7-14)13-20-19(22)15-8-9-17-18(12-15)24-11-10-23-17/h3-9,12,16H,10-11,13H2,1-2H3,(H,20,22). The molecule has 0 bridgehead atoms. The van der Waals surface area contributed by atoms with Crippen LogP contribution in [-0.4, -0.2) is 44.7 Å². The molecule has 1 aliphatic heterocycles. The number of nitrogens with one attached hydrogen (secondary N) is 1. The number of hydrogen-bond acceptors (Lipinski definition) is 4. The summed E-state index contributed by atoms with van der Waals surface area (Å²) in [5.74, 6) is 1.20. The first-order valence-corrected chi connectivity index (χ1v) is 8.04. The molecular weight excluding hydrogens is 304 g/mol. The quantitative estimate of drug-likeness (QED) is 0.917. The first-order valence-electron chi connectivity index (χ1n) is 8.04. The Balaban J connectivity index is 1.68. The summed E-state index contributed by atoms with van der Waals surface area (Å²) in [5.41, 5.74) is 1.75. The van der Waals surface area contributed by atoms with E-state index in [4.69, 9.17) is 9.47 Å². The molecule has 0 spiro atoms. The van der Waals surface area contributed by atoms with Gasteiger partial charge in [0, 0.05) is 12.1 Å². The maximum absolute atomic E-state index is 12.5. The second kappa shape index (κ2) is 7.36. The minimum Gasteiger partial charge on any atom is -0.486 e. The van der Waals surface area contributed by atoms with E-state index in [1.54, 1.807) is 18.2 Å². The molecule has 1 unspecified atom stereocenters. The number of ether oxygens (including phenoxy) is 2. The smallest absolute Gasteiger partial charge is 0.251 e. The summed E-state index contributed by atoms with van der Waals surface area (Å²) in [4.78, 5) is 14.6. The van der Waals surface area contributed by atoms with Gasteiger partial charge in [-0.3, -0.25) is 4.79 Å². The molecule has 2 aromatic rings. The molecule has 2 aromatic carbocycles. The van der Waals surface area contributed by atoms with Crippen LogP contribution in [0.15, 0.2) is 48.5 Å². The van der Waals surface area contributed by atoms with Crippen LogP contribution in [-0.2, 0) is 0 Å². The SMILES string of the molecule is CN(C)C(CNC(=O)c1ccc2c(c1)OCCO2)c1ccccc1. The fourth-order valence-electron chi connectivity index (χ4n) is 2.75. The summed E-state index contributed by atoms with van der Waals surface area (Å²) >= 11 is 0. The van der Waals surface area contributed by atoms with Crippen molar-refractivity contribution in [3.05, 3.63) is 59.7 Å². The topological polar surface area (TPSA) is 50.8 Å². The molecule has 24 heavy (non-hydrogen) atoms. The van der Waals surface area contributed by atoms with Crippen LogP contribution >= 0.6 is 0 Å². The van der Waals surface area contributed by atoms with Gasteiger partial charge < -0.3 is 19.7 Å². The third kappa shape index (κ3) is 3.68. The zero-order valence-electron chi connectivity index (χ0n) is 14.0. The van der Waals surface area contributed by atoms with E-state index in [2.05, 4.69) is 22.3 Å². The lowest BCUT2D eigenvalue weighted by Crippen LogP contribution is -2.34. The zero-order valence-corrected chi connectivity index (χ0v) is 14.0. The monoisotopic (exact) mass is 326 g/mol. The normalized spacial score (nSPS) is 14.3. The lowest BCUT2D eigenvalue weighted by atomic mass is 10.1. The molecule has 1 N–H and O–H groups in total. The molecule has 1 amide bonds. The lowest BCUT2D eigenvalue weighted by molar-refractivity contribution is 0.0940. The van der Waals surface area contributed by atoms with Crippen LogP contribution in [0.5, 0.6) is 11.5 Å². The first-order chi connectivity index (χ1) is 11.6. The van der Waals surface area contributed by atoms with Crippen LogP contribution < -0.4 is 14.8 Å². The maximum atomic E-state index is 12.5. The van der Waals surface area contributed by atoms with Gasteiger partial charge in [-0.15, -0.1) is 0 Å². The van der Waals surface area contributed by atoms with Crippen molar-refractivity contribution in [2.45, 2.75) is 6.04 Å². The Morgan fingerprint density at radius 1 is 1.08 bits per heavy atom. The Hall–Kier alpha value is -2.53. The number of hydrogen-bond donors (Lipinski definition) is 1. The van der Waals surface area contributed by atoms with E-state index in [1.165, 1.54) is 5.56 Å². The number of likely N-dealkylation sites (N-methyl/N-ethyl adjacent to an activating group) is 1. The van der Waals surface area contributed by atoms with Gasteiger partial charge in [0.1, 0.15) is 13.2 Å². The number of carbonyl (C=O) groups is 1. The predicted octanol–water partition coefficient (Wildman–Crippen LogP) is 2.49. The molecule has 0 aromatic heterocycles. The fraction of sp³-hybridized carbons (Fsp3) is 0.316. The summed E-state index contributed by atoms with van der Waals surface area (Å²) in [6.07, 6.45) is 0. The van der Waals surface area contributed by atoms with Gasteiger partial charge in [0.15, 0.2) is 11.5 Å². The minimum absolute atomic E-state index is 0.116. The first kappa shape index (κ1) is 16.3. The fourth-order valence-corrected chi connectivity index (χ4v) is 2.75. The molecule has 5 heteroatoms. The summed E-state index contributed by atoms with van der Waals surface area (Å²) in [6, 6.07) is 15.5. The van der Waals surface area contributed by atoms with Gasteiger partial charge >= 0.3 is 0 Å². The lowest BCUT2D eigenvalue weighted by Gasteiger charge is -2.25. The highest BCUT2D eigenvalue weighted by molar-refractivity contribution is 5.94. The van der Waals surface area contributed by atoms with E-state index in [-0.39, 0.29) is 11.9 Å². The van der Waals surface area contributed by atoms with Gasteiger partial charge in [0.2, 0.25) is 0 Å². The molecule has 0 fully saturated rings. The van der Waals surface area contributed by atoms with E-state index < -0.39 is 0 Å². The highest BCUT2D eigenvalue weighted by atomic mass is 16.6. The summed E-state index contributed by atoms with van der Waals surface area (Å²) in [6.45, 7) is 1.58. The molecule has 0 saturated heterocycles. The Morgan fingerprint density at radius 2 is 1.79 bits per heavy atom. The molecule has 0 radical (unpaired) electrons. The number of carbonyl (C=O) groups excluding carboxylic acids is 1. The molecule has 3 rings (SSSR count). The number of fused-ring (bicyclic) bond motifs is 1. The second-order valence-electron chi connectivity index (χ2n) is 5.96. The van der Waals surface area contributed by atoms with E-state index in [0.717, 1.165) is 0 Å². The van der Waals surface area contributed by atoms with Crippen molar-refractivity contribution in [1.82, 2.24) is 10.2 Å². The van der Waals surface area contributed by atoms with Crippen molar-refractivity contribution in [3.8, 4) is 11.5 Å². The number of nitrogens with zero attached hydrogens (tertiary/aromatic N) is 1. The average Bonchev–Trinajstić information content (AvgIpc) is 2.62. The van der Waals surface area contributed by atoms with Gasteiger partial charge in [0.25, 0.3) is 5.91 Å².